The molecule has 86 valence electrons. The maximum Gasteiger partial charge on any atom is 0.138 e. The van der Waals surface area contributed by atoms with Crippen LogP contribution in [0.4, 0.5) is 0 Å². The van der Waals surface area contributed by atoms with Crippen LogP contribution in [0, 0.1) is 0 Å². The van der Waals surface area contributed by atoms with Crippen molar-refractivity contribution in [2.45, 2.75) is 0 Å². The van der Waals surface area contributed by atoms with Crippen LogP contribution in [0.1, 0.15) is 0 Å². The van der Waals surface area contributed by atoms with Crippen molar-refractivity contribution in [3.63, 3.8) is 0 Å². The number of nitrogens with zero attached hydrogens (tertiary/aromatic N) is 1. The third-order valence-corrected chi connectivity index (χ3v) is 3.12. The molecule has 2 aromatic heterocycles. The van der Waals surface area contributed by atoms with Crippen LogP contribution in [0.5, 0.6) is 0 Å². The number of H-pyrrole nitrogens is 1. The highest BCUT2D eigenvalue weighted by Gasteiger charge is 2.06. The summed E-state index contributed by atoms with van der Waals surface area (Å²) in [5.74, 6) is 0.888. The summed E-state index contributed by atoms with van der Waals surface area (Å²) in [5.41, 5.74) is 4.01. The number of hydrogen-bond acceptors (Lipinski definition) is 2. The van der Waals surface area contributed by atoms with Crippen molar-refractivity contribution < 1.29 is 4.42 Å². The Kier molecular flexibility index (Phi) is 1.83. The average molecular weight is 234 g/mol. The molecule has 0 aliphatic rings. The van der Waals surface area contributed by atoms with Gasteiger partial charge in [-0.25, -0.2) is 4.98 Å². The standard InChI is InChI=1S/C15H10N2O/c1-2-4-13-12(3-1)16-15(17-13)11-5-6-14-10(9-11)7-8-18-14/h1-9H,(H,16,17). The Labute approximate surface area is 103 Å². The van der Waals surface area contributed by atoms with E-state index in [1.165, 1.54) is 0 Å². The molecule has 0 bridgehead atoms. The van der Waals surface area contributed by atoms with E-state index in [4.69, 9.17) is 4.42 Å². The number of nitrogens with one attached hydrogen (secondary N) is 1. The Morgan fingerprint density at radius 1 is 1.00 bits per heavy atom. The molecule has 0 fully saturated rings. The zero-order chi connectivity index (χ0) is 11.9. The van der Waals surface area contributed by atoms with Gasteiger partial charge in [-0.2, -0.15) is 0 Å². The van der Waals surface area contributed by atoms with Crippen LogP contribution in [0.2, 0.25) is 0 Å². The molecule has 0 atom stereocenters. The number of fused-ring (bicyclic) bond motifs is 2. The largest absolute Gasteiger partial charge is 0.464 e. The fourth-order valence-electron chi connectivity index (χ4n) is 2.20. The van der Waals surface area contributed by atoms with E-state index in [2.05, 4.69) is 16.0 Å². The minimum atomic E-state index is 0.888. The molecule has 2 heterocycles. The van der Waals surface area contributed by atoms with Crippen molar-refractivity contribution in [1.82, 2.24) is 9.97 Å². The quantitative estimate of drug-likeness (QED) is 0.541. The molecule has 3 heteroatoms. The van der Waals surface area contributed by atoms with E-state index in [9.17, 15) is 0 Å². The van der Waals surface area contributed by atoms with Crippen molar-refractivity contribution >= 4 is 22.0 Å². The summed E-state index contributed by atoms with van der Waals surface area (Å²) in [7, 11) is 0. The molecule has 0 spiro atoms. The van der Waals surface area contributed by atoms with Gasteiger partial charge in [0.05, 0.1) is 17.3 Å². The van der Waals surface area contributed by atoms with Gasteiger partial charge in [0.25, 0.3) is 0 Å². The monoisotopic (exact) mass is 234 g/mol. The Hall–Kier alpha value is -2.55. The molecule has 3 nitrogen and oxygen atoms in total. The van der Waals surface area contributed by atoms with Crippen molar-refractivity contribution in [3.05, 3.63) is 54.8 Å². The second-order valence-corrected chi connectivity index (χ2v) is 4.28. The summed E-state index contributed by atoms with van der Waals surface area (Å²) >= 11 is 0. The molecule has 0 saturated carbocycles. The molecule has 0 aliphatic carbocycles. The maximum atomic E-state index is 5.34. The lowest BCUT2D eigenvalue weighted by Crippen LogP contribution is -1.79. The van der Waals surface area contributed by atoms with Gasteiger partial charge in [0, 0.05) is 10.9 Å². The van der Waals surface area contributed by atoms with E-state index in [1.54, 1.807) is 6.26 Å². The summed E-state index contributed by atoms with van der Waals surface area (Å²) < 4.78 is 5.34. The maximum absolute atomic E-state index is 5.34. The fourth-order valence-corrected chi connectivity index (χ4v) is 2.20. The minimum absolute atomic E-state index is 0.888. The van der Waals surface area contributed by atoms with Gasteiger partial charge >= 0.3 is 0 Å². The van der Waals surface area contributed by atoms with Gasteiger partial charge in [0.1, 0.15) is 11.4 Å². The van der Waals surface area contributed by atoms with Crippen molar-refractivity contribution in [2.24, 2.45) is 0 Å². The first kappa shape index (κ1) is 9.48. The number of hydrogen-bond donors (Lipinski definition) is 1. The third-order valence-electron chi connectivity index (χ3n) is 3.12. The van der Waals surface area contributed by atoms with Gasteiger partial charge in [-0.3, -0.25) is 0 Å². The summed E-state index contributed by atoms with van der Waals surface area (Å²) in [5, 5.41) is 1.09. The lowest BCUT2D eigenvalue weighted by atomic mass is 10.1. The Balaban J connectivity index is 1.94. The van der Waals surface area contributed by atoms with Gasteiger partial charge < -0.3 is 9.40 Å². The zero-order valence-corrected chi connectivity index (χ0v) is 9.55. The summed E-state index contributed by atoms with van der Waals surface area (Å²) in [6.07, 6.45) is 1.70. The van der Waals surface area contributed by atoms with E-state index in [0.29, 0.717) is 0 Å². The molecular weight excluding hydrogens is 224 g/mol. The number of aromatic amines is 1. The first-order valence-electron chi connectivity index (χ1n) is 5.82. The normalized spacial score (nSPS) is 11.3. The van der Waals surface area contributed by atoms with Gasteiger partial charge in [0.2, 0.25) is 0 Å². The SMILES string of the molecule is c1ccc2[nH]c(-c3ccc4occc4c3)nc2c1. The van der Waals surface area contributed by atoms with Gasteiger partial charge in [-0.05, 0) is 36.4 Å². The molecule has 0 saturated heterocycles. The number of furan rings is 1. The van der Waals surface area contributed by atoms with E-state index in [0.717, 1.165) is 33.4 Å². The van der Waals surface area contributed by atoms with Gasteiger partial charge in [-0.15, -0.1) is 0 Å². The van der Waals surface area contributed by atoms with Gasteiger partial charge in [0.15, 0.2) is 0 Å². The molecule has 2 aromatic carbocycles. The zero-order valence-electron chi connectivity index (χ0n) is 9.55. The highest BCUT2D eigenvalue weighted by Crippen LogP contribution is 2.24. The molecular formula is C15H10N2O. The first-order valence-corrected chi connectivity index (χ1v) is 5.82. The Bertz CT molecular complexity index is 809. The molecule has 4 aromatic rings. The van der Waals surface area contributed by atoms with Crippen LogP contribution in [0.3, 0.4) is 0 Å². The van der Waals surface area contributed by atoms with Crippen molar-refractivity contribution in [1.29, 1.82) is 0 Å². The molecule has 0 amide bonds. The lowest BCUT2D eigenvalue weighted by molar-refractivity contribution is 0.616. The van der Waals surface area contributed by atoms with Crippen LogP contribution in [0.15, 0.2) is 59.2 Å². The number of imidazole rings is 1. The number of aromatic nitrogens is 2. The van der Waals surface area contributed by atoms with Crippen LogP contribution >= 0.6 is 0 Å². The topological polar surface area (TPSA) is 41.8 Å². The third kappa shape index (κ3) is 1.34. The Morgan fingerprint density at radius 3 is 2.89 bits per heavy atom. The summed E-state index contributed by atoms with van der Waals surface area (Å²) in [4.78, 5) is 7.92. The highest BCUT2D eigenvalue weighted by atomic mass is 16.3. The van der Waals surface area contributed by atoms with Gasteiger partial charge in [-0.1, -0.05) is 12.1 Å². The smallest absolute Gasteiger partial charge is 0.138 e. The van der Waals surface area contributed by atoms with E-state index < -0.39 is 0 Å². The minimum Gasteiger partial charge on any atom is -0.464 e. The molecule has 18 heavy (non-hydrogen) atoms. The predicted octanol–water partition coefficient (Wildman–Crippen LogP) is 3.98. The highest BCUT2D eigenvalue weighted by molar-refractivity contribution is 5.84. The fraction of sp³-hybridized carbons (Fsp3) is 0. The molecule has 0 unspecified atom stereocenters. The van der Waals surface area contributed by atoms with E-state index in [-0.39, 0.29) is 0 Å². The molecule has 1 N–H and O–H groups in total. The lowest BCUT2D eigenvalue weighted by Gasteiger charge is -1.96. The van der Waals surface area contributed by atoms with Crippen molar-refractivity contribution in [2.75, 3.05) is 0 Å². The number of rotatable bonds is 1. The molecule has 4 rings (SSSR count). The van der Waals surface area contributed by atoms with E-state index >= 15 is 0 Å². The number of benzene rings is 2. The Morgan fingerprint density at radius 2 is 1.94 bits per heavy atom. The van der Waals surface area contributed by atoms with Crippen LogP contribution in [0.25, 0.3) is 33.4 Å². The second-order valence-electron chi connectivity index (χ2n) is 4.28. The first-order chi connectivity index (χ1) is 8.90. The van der Waals surface area contributed by atoms with E-state index in [1.807, 2.05) is 42.5 Å². The van der Waals surface area contributed by atoms with Crippen molar-refractivity contribution in [3.8, 4) is 11.4 Å². The molecule has 0 radical (unpaired) electrons. The van der Waals surface area contributed by atoms with Crippen LogP contribution in [-0.2, 0) is 0 Å². The number of para-hydroxylation sites is 2. The van der Waals surface area contributed by atoms with Crippen LogP contribution in [-0.4, -0.2) is 9.97 Å². The van der Waals surface area contributed by atoms with Crippen LogP contribution < -0.4 is 0 Å². The summed E-state index contributed by atoms with van der Waals surface area (Å²) in [6.45, 7) is 0. The second kappa shape index (κ2) is 3.47. The average Bonchev–Trinajstić information content (AvgIpc) is 3.04. The summed E-state index contributed by atoms with van der Waals surface area (Å²) in [6, 6.07) is 16.1. The predicted molar refractivity (Wildman–Crippen MR) is 71.3 cm³/mol. The molecule has 0 aliphatic heterocycles.